The number of benzene rings is 1. The Morgan fingerprint density at radius 2 is 2.16 bits per heavy atom. The van der Waals surface area contributed by atoms with Crippen LogP contribution in [0.5, 0.6) is 0 Å². The SMILES string of the molecule is CC1CCN(C(=O)c2cccc(F)c2Br)C1C(=O)O. The summed E-state index contributed by atoms with van der Waals surface area (Å²) in [5.41, 5.74) is 0.153. The summed E-state index contributed by atoms with van der Waals surface area (Å²) < 4.78 is 13.5. The third-order valence-corrected chi connectivity index (χ3v) is 4.20. The number of carboxylic acid groups (broad SMARTS) is 1. The normalized spacial score (nSPS) is 22.6. The molecule has 2 atom stereocenters. The summed E-state index contributed by atoms with van der Waals surface area (Å²) in [5, 5.41) is 9.19. The lowest BCUT2D eigenvalue weighted by Crippen LogP contribution is -2.42. The van der Waals surface area contributed by atoms with Gasteiger partial charge in [-0.3, -0.25) is 4.79 Å². The second-order valence-corrected chi connectivity index (χ2v) is 5.44. The standard InChI is InChI=1S/C13H13BrFNO3/c1-7-5-6-16(11(7)13(18)19)12(17)8-3-2-4-9(15)10(8)14/h2-4,7,11H,5-6H2,1H3,(H,18,19). The van der Waals surface area contributed by atoms with E-state index in [1.807, 2.05) is 0 Å². The minimum absolute atomic E-state index is 0.0729. The minimum Gasteiger partial charge on any atom is -0.480 e. The first kappa shape index (κ1) is 14.0. The fraction of sp³-hybridized carbons (Fsp3) is 0.385. The molecule has 1 saturated heterocycles. The second kappa shape index (κ2) is 5.28. The largest absolute Gasteiger partial charge is 0.480 e. The molecule has 1 fully saturated rings. The van der Waals surface area contributed by atoms with Crippen molar-refractivity contribution in [2.45, 2.75) is 19.4 Å². The molecule has 0 aliphatic carbocycles. The number of hydrogen-bond acceptors (Lipinski definition) is 2. The van der Waals surface area contributed by atoms with Gasteiger partial charge in [-0.25, -0.2) is 9.18 Å². The number of rotatable bonds is 2. The summed E-state index contributed by atoms with van der Waals surface area (Å²) in [6.07, 6.45) is 0.635. The number of carbonyl (C=O) groups is 2. The molecule has 1 aliphatic rings. The van der Waals surface area contributed by atoms with Gasteiger partial charge >= 0.3 is 5.97 Å². The number of hydrogen-bond donors (Lipinski definition) is 1. The van der Waals surface area contributed by atoms with Gasteiger partial charge in [-0.05, 0) is 40.4 Å². The Hall–Kier alpha value is -1.43. The van der Waals surface area contributed by atoms with Gasteiger partial charge in [0.25, 0.3) is 5.91 Å². The first-order valence-electron chi connectivity index (χ1n) is 5.91. The third-order valence-electron chi connectivity index (χ3n) is 3.40. The van der Waals surface area contributed by atoms with Gasteiger partial charge < -0.3 is 10.0 Å². The Balaban J connectivity index is 2.34. The average molecular weight is 330 g/mol. The quantitative estimate of drug-likeness (QED) is 0.907. The molecule has 1 heterocycles. The smallest absolute Gasteiger partial charge is 0.326 e. The highest BCUT2D eigenvalue weighted by atomic mass is 79.9. The van der Waals surface area contributed by atoms with Crippen molar-refractivity contribution in [2.75, 3.05) is 6.54 Å². The van der Waals surface area contributed by atoms with Crippen LogP contribution in [0.25, 0.3) is 0 Å². The lowest BCUT2D eigenvalue weighted by molar-refractivity contribution is -0.142. The van der Waals surface area contributed by atoms with Crippen LogP contribution in [0.15, 0.2) is 22.7 Å². The van der Waals surface area contributed by atoms with E-state index in [4.69, 9.17) is 0 Å². The van der Waals surface area contributed by atoms with Crippen molar-refractivity contribution in [3.05, 3.63) is 34.1 Å². The zero-order valence-electron chi connectivity index (χ0n) is 10.3. The highest BCUT2D eigenvalue weighted by Crippen LogP contribution is 2.29. The van der Waals surface area contributed by atoms with E-state index in [-0.39, 0.29) is 16.0 Å². The number of carbonyl (C=O) groups excluding carboxylic acids is 1. The van der Waals surface area contributed by atoms with Crippen LogP contribution in [-0.4, -0.2) is 34.5 Å². The number of likely N-dealkylation sites (tertiary alicyclic amines) is 1. The van der Waals surface area contributed by atoms with E-state index in [0.717, 1.165) is 0 Å². The predicted molar refractivity (Wildman–Crippen MR) is 70.3 cm³/mol. The van der Waals surface area contributed by atoms with Crippen molar-refractivity contribution in [1.29, 1.82) is 0 Å². The molecule has 1 N–H and O–H groups in total. The summed E-state index contributed by atoms with van der Waals surface area (Å²) >= 11 is 3.03. The van der Waals surface area contributed by atoms with Crippen LogP contribution in [0.3, 0.4) is 0 Å². The van der Waals surface area contributed by atoms with Gasteiger partial charge in [0.1, 0.15) is 11.9 Å². The highest BCUT2D eigenvalue weighted by Gasteiger charge is 2.40. The van der Waals surface area contributed by atoms with Gasteiger partial charge in [-0.1, -0.05) is 13.0 Å². The van der Waals surface area contributed by atoms with Gasteiger partial charge in [0.05, 0.1) is 10.0 Å². The van der Waals surface area contributed by atoms with Crippen molar-refractivity contribution < 1.29 is 19.1 Å². The topological polar surface area (TPSA) is 57.6 Å². The molecule has 0 radical (unpaired) electrons. The van der Waals surface area contributed by atoms with E-state index in [0.29, 0.717) is 13.0 Å². The van der Waals surface area contributed by atoms with Crippen molar-refractivity contribution in [2.24, 2.45) is 5.92 Å². The monoisotopic (exact) mass is 329 g/mol. The van der Waals surface area contributed by atoms with Crippen molar-refractivity contribution >= 4 is 27.8 Å². The van der Waals surface area contributed by atoms with Crippen LogP contribution in [0.4, 0.5) is 4.39 Å². The van der Waals surface area contributed by atoms with E-state index < -0.39 is 23.7 Å². The predicted octanol–water partition coefficient (Wildman–Crippen LogP) is 2.52. The van der Waals surface area contributed by atoms with E-state index in [2.05, 4.69) is 15.9 Å². The van der Waals surface area contributed by atoms with Gasteiger partial charge in [0, 0.05) is 6.54 Å². The third kappa shape index (κ3) is 2.49. The van der Waals surface area contributed by atoms with Gasteiger partial charge in [0.2, 0.25) is 0 Å². The summed E-state index contributed by atoms with van der Waals surface area (Å²) in [6.45, 7) is 2.17. The van der Waals surface area contributed by atoms with Crippen molar-refractivity contribution in [3.63, 3.8) is 0 Å². The molecule has 1 aromatic carbocycles. The molecule has 2 unspecified atom stereocenters. The van der Waals surface area contributed by atoms with Crippen molar-refractivity contribution in [3.8, 4) is 0 Å². The Morgan fingerprint density at radius 1 is 1.47 bits per heavy atom. The number of nitrogens with zero attached hydrogens (tertiary/aromatic N) is 1. The summed E-state index contributed by atoms with van der Waals surface area (Å²) in [7, 11) is 0. The van der Waals surface area contributed by atoms with Crippen molar-refractivity contribution in [1.82, 2.24) is 4.90 Å². The Bertz CT molecular complexity index is 535. The fourth-order valence-electron chi connectivity index (χ4n) is 2.38. The fourth-order valence-corrected chi connectivity index (χ4v) is 2.81. The summed E-state index contributed by atoms with van der Waals surface area (Å²) in [6, 6.07) is 3.31. The highest BCUT2D eigenvalue weighted by molar-refractivity contribution is 9.10. The van der Waals surface area contributed by atoms with E-state index in [9.17, 15) is 19.1 Å². The number of halogens is 2. The molecular formula is C13H13BrFNO3. The molecule has 19 heavy (non-hydrogen) atoms. The molecule has 0 saturated carbocycles. The summed E-state index contributed by atoms with van der Waals surface area (Å²) in [4.78, 5) is 24.9. The molecule has 1 amide bonds. The number of amides is 1. The molecule has 0 spiro atoms. The van der Waals surface area contributed by atoms with Gasteiger partial charge in [0.15, 0.2) is 0 Å². The van der Waals surface area contributed by atoms with Crippen LogP contribution in [-0.2, 0) is 4.79 Å². The molecule has 6 heteroatoms. The van der Waals surface area contributed by atoms with Gasteiger partial charge in [-0.15, -0.1) is 0 Å². The molecule has 0 bridgehead atoms. The maximum atomic E-state index is 13.4. The van der Waals surface area contributed by atoms with E-state index in [1.54, 1.807) is 6.92 Å². The Labute approximate surface area is 118 Å². The zero-order valence-corrected chi connectivity index (χ0v) is 11.9. The van der Waals surface area contributed by atoms with Crippen LogP contribution in [0, 0.1) is 11.7 Å². The van der Waals surface area contributed by atoms with E-state index in [1.165, 1.54) is 23.1 Å². The van der Waals surface area contributed by atoms with Gasteiger partial charge in [-0.2, -0.15) is 0 Å². The number of aliphatic carboxylic acids is 1. The molecule has 4 nitrogen and oxygen atoms in total. The second-order valence-electron chi connectivity index (χ2n) is 4.65. The van der Waals surface area contributed by atoms with Crippen LogP contribution < -0.4 is 0 Å². The maximum Gasteiger partial charge on any atom is 0.326 e. The van der Waals surface area contributed by atoms with E-state index >= 15 is 0 Å². The number of carboxylic acids is 1. The first-order valence-corrected chi connectivity index (χ1v) is 6.70. The molecule has 102 valence electrons. The zero-order chi connectivity index (χ0) is 14.2. The molecule has 1 aliphatic heterocycles. The summed E-state index contributed by atoms with van der Waals surface area (Å²) in [5.74, 6) is -2.12. The van der Waals surface area contributed by atoms with Crippen LogP contribution >= 0.6 is 15.9 Å². The maximum absolute atomic E-state index is 13.4. The van der Waals surface area contributed by atoms with Crippen LogP contribution in [0.1, 0.15) is 23.7 Å². The molecule has 2 rings (SSSR count). The lowest BCUT2D eigenvalue weighted by atomic mass is 10.0. The Kier molecular flexibility index (Phi) is 3.89. The molecule has 1 aromatic rings. The molecular weight excluding hydrogens is 317 g/mol. The lowest BCUT2D eigenvalue weighted by Gasteiger charge is -2.23. The molecule has 0 aromatic heterocycles. The first-order chi connectivity index (χ1) is 8.93. The Morgan fingerprint density at radius 3 is 2.79 bits per heavy atom. The van der Waals surface area contributed by atoms with Crippen LogP contribution in [0.2, 0.25) is 0 Å². The minimum atomic E-state index is -1.02. The average Bonchev–Trinajstić information content (AvgIpc) is 2.74.